The van der Waals surface area contributed by atoms with Gasteiger partial charge in [-0.05, 0) is 31.9 Å². The molecule has 0 bridgehead atoms. The van der Waals surface area contributed by atoms with Crippen molar-refractivity contribution >= 4 is 5.84 Å². The second-order valence-electron chi connectivity index (χ2n) is 4.76. The van der Waals surface area contributed by atoms with Gasteiger partial charge in [0.1, 0.15) is 5.84 Å². The fourth-order valence-corrected chi connectivity index (χ4v) is 1.87. The molecule has 0 heterocycles. The first kappa shape index (κ1) is 14.7. The topological polar surface area (TPSA) is 73.3 Å². The third kappa shape index (κ3) is 4.47. The number of aliphatic hydroxyl groups excluding tert-OH is 1. The molecule has 0 amide bonds. The van der Waals surface area contributed by atoms with Gasteiger partial charge in [-0.1, -0.05) is 18.2 Å². The van der Waals surface area contributed by atoms with Crippen molar-refractivity contribution in [2.75, 3.05) is 13.2 Å². The van der Waals surface area contributed by atoms with Crippen LogP contribution in [0.5, 0.6) is 0 Å². The fourth-order valence-electron chi connectivity index (χ4n) is 1.87. The number of nitrogen functional groups attached to an aromatic ring is 1. The van der Waals surface area contributed by atoms with Crippen LogP contribution in [0.15, 0.2) is 24.3 Å². The van der Waals surface area contributed by atoms with Crippen LogP contribution in [0.1, 0.15) is 31.4 Å². The summed E-state index contributed by atoms with van der Waals surface area (Å²) in [6.07, 6.45) is 0.782. The molecule has 100 valence electrons. The molecular formula is C14H23N3O. The molecule has 4 heteroatoms. The van der Waals surface area contributed by atoms with Crippen molar-refractivity contribution in [1.29, 1.82) is 5.41 Å². The van der Waals surface area contributed by atoms with E-state index in [4.69, 9.17) is 16.2 Å². The van der Waals surface area contributed by atoms with E-state index in [9.17, 15) is 0 Å². The molecule has 0 fully saturated rings. The van der Waals surface area contributed by atoms with Gasteiger partial charge in [0, 0.05) is 31.3 Å². The van der Waals surface area contributed by atoms with Crippen LogP contribution in [-0.4, -0.2) is 35.0 Å². The van der Waals surface area contributed by atoms with E-state index >= 15 is 0 Å². The highest BCUT2D eigenvalue weighted by Gasteiger charge is 2.10. The molecule has 0 radical (unpaired) electrons. The van der Waals surface area contributed by atoms with E-state index < -0.39 is 0 Å². The largest absolute Gasteiger partial charge is 0.396 e. The van der Waals surface area contributed by atoms with Gasteiger partial charge in [-0.25, -0.2) is 0 Å². The van der Waals surface area contributed by atoms with Crippen molar-refractivity contribution < 1.29 is 5.11 Å². The van der Waals surface area contributed by atoms with Crippen molar-refractivity contribution in [3.05, 3.63) is 35.4 Å². The Morgan fingerprint density at radius 1 is 1.44 bits per heavy atom. The number of nitrogens with zero attached hydrogens (tertiary/aromatic N) is 1. The van der Waals surface area contributed by atoms with Crippen molar-refractivity contribution in [2.24, 2.45) is 5.73 Å². The molecule has 1 aromatic rings. The molecule has 0 saturated carbocycles. The second-order valence-corrected chi connectivity index (χ2v) is 4.76. The monoisotopic (exact) mass is 249 g/mol. The number of aliphatic hydroxyl groups is 1. The molecule has 4 nitrogen and oxygen atoms in total. The van der Waals surface area contributed by atoms with Crippen LogP contribution in [0, 0.1) is 5.41 Å². The third-order valence-corrected chi connectivity index (χ3v) is 2.96. The molecule has 1 aromatic carbocycles. The zero-order valence-electron chi connectivity index (χ0n) is 11.2. The normalized spacial score (nSPS) is 11.2. The van der Waals surface area contributed by atoms with Crippen LogP contribution in [0.2, 0.25) is 0 Å². The summed E-state index contributed by atoms with van der Waals surface area (Å²) in [7, 11) is 0. The SMILES string of the molecule is CC(C)N(CCCO)Cc1cccc(C(=N)N)c1. The van der Waals surface area contributed by atoms with Gasteiger partial charge in [-0.3, -0.25) is 10.3 Å². The van der Waals surface area contributed by atoms with Gasteiger partial charge in [-0.15, -0.1) is 0 Å². The summed E-state index contributed by atoms with van der Waals surface area (Å²) < 4.78 is 0. The maximum Gasteiger partial charge on any atom is 0.122 e. The first-order chi connectivity index (χ1) is 8.54. The molecule has 0 aromatic heterocycles. The Balaban J connectivity index is 2.73. The van der Waals surface area contributed by atoms with Crippen LogP contribution in [0.4, 0.5) is 0 Å². The van der Waals surface area contributed by atoms with E-state index in [1.54, 1.807) is 0 Å². The van der Waals surface area contributed by atoms with Gasteiger partial charge < -0.3 is 10.8 Å². The maximum atomic E-state index is 8.91. The summed E-state index contributed by atoms with van der Waals surface area (Å²) >= 11 is 0. The average molecular weight is 249 g/mol. The molecule has 1 rings (SSSR count). The summed E-state index contributed by atoms with van der Waals surface area (Å²) in [6, 6.07) is 8.20. The highest BCUT2D eigenvalue weighted by atomic mass is 16.3. The van der Waals surface area contributed by atoms with Crippen molar-refractivity contribution in [1.82, 2.24) is 4.90 Å². The fraction of sp³-hybridized carbons (Fsp3) is 0.500. The average Bonchev–Trinajstić information content (AvgIpc) is 2.34. The zero-order valence-corrected chi connectivity index (χ0v) is 11.2. The number of hydrogen-bond donors (Lipinski definition) is 3. The van der Waals surface area contributed by atoms with E-state index in [0.29, 0.717) is 6.04 Å². The number of nitrogens with two attached hydrogens (primary N) is 1. The Bertz CT molecular complexity index is 390. The van der Waals surface area contributed by atoms with E-state index in [-0.39, 0.29) is 12.4 Å². The van der Waals surface area contributed by atoms with Gasteiger partial charge >= 0.3 is 0 Å². The second kappa shape index (κ2) is 7.13. The minimum atomic E-state index is 0.100. The smallest absolute Gasteiger partial charge is 0.122 e. The van der Waals surface area contributed by atoms with Gasteiger partial charge in [0.05, 0.1) is 0 Å². The predicted molar refractivity (Wildman–Crippen MR) is 74.7 cm³/mol. The molecule has 0 spiro atoms. The standard InChI is InChI=1S/C14H23N3O/c1-11(2)17(7-4-8-18)10-12-5-3-6-13(9-12)14(15)16/h3,5-6,9,11,18H,4,7-8,10H2,1-2H3,(H3,15,16). The Morgan fingerprint density at radius 2 is 2.17 bits per heavy atom. The van der Waals surface area contributed by atoms with E-state index in [0.717, 1.165) is 30.6 Å². The minimum Gasteiger partial charge on any atom is -0.396 e. The summed E-state index contributed by atoms with van der Waals surface area (Å²) in [4.78, 5) is 2.30. The number of amidine groups is 1. The highest BCUT2D eigenvalue weighted by Crippen LogP contribution is 2.11. The van der Waals surface area contributed by atoms with E-state index in [2.05, 4.69) is 18.7 Å². The lowest BCUT2D eigenvalue weighted by atomic mass is 10.1. The van der Waals surface area contributed by atoms with Crippen LogP contribution >= 0.6 is 0 Å². The quantitative estimate of drug-likeness (QED) is 0.507. The summed E-state index contributed by atoms with van der Waals surface area (Å²) in [6.45, 7) is 6.20. The van der Waals surface area contributed by atoms with Gasteiger partial charge in [0.25, 0.3) is 0 Å². The number of nitrogens with one attached hydrogen (secondary N) is 1. The number of hydrogen-bond acceptors (Lipinski definition) is 3. The molecule has 0 aliphatic heterocycles. The Morgan fingerprint density at radius 3 is 2.72 bits per heavy atom. The summed E-state index contributed by atoms with van der Waals surface area (Å²) in [5.74, 6) is 0.100. The summed E-state index contributed by atoms with van der Waals surface area (Å²) in [5.41, 5.74) is 7.40. The van der Waals surface area contributed by atoms with Crippen molar-refractivity contribution in [3.63, 3.8) is 0 Å². The third-order valence-electron chi connectivity index (χ3n) is 2.96. The zero-order chi connectivity index (χ0) is 13.5. The Labute approximate surface area is 109 Å². The van der Waals surface area contributed by atoms with E-state index in [1.807, 2.05) is 24.3 Å². The van der Waals surface area contributed by atoms with Gasteiger partial charge in [-0.2, -0.15) is 0 Å². The molecule has 18 heavy (non-hydrogen) atoms. The predicted octanol–water partition coefficient (Wildman–Crippen LogP) is 1.56. The van der Waals surface area contributed by atoms with Gasteiger partial charge in [0.2, 0.25) is 0 Å². The van der Waals surface area contributed by atoms with Crippen LogP contribution < -0.4 is 5.73 Å². The molecule has 0 saturated heterocycles. The van der Waals surface area contributed by atoms with Crippen molar-refractivity contribution in [2.45, 2.75) is 32.9 Å². The first-order valence-electron chi connectivity index (χ1n) is 6.33. The lowest BCUT2D eigenvalue weighted by Gasteiger charge is -2.26. The maximum absolute atomic E-state index is 8.91. The molecule has 4 N–H and O–H groups in total. The highest BCUT2D eigenvalue weighted by molar-refractivity contribution is 5.95. The summed E-state index contributed by atoms with van der Waals surface area (Å²) in [5, 5.41) is 16.3. The van der Waals surface area contributed by atoms with Crippen LogP contribution in [0.25, 0.3) is 0 Å². The van der Waals surface area contributed by atoms with E-state index in [1.165, 1.54) is 0 Å². The number of rotatable bonds is 7. The first-order valence-corrected chi connectivity index (χ1v) is 6.33. The molecule has 0 atom stereocenters. The number of benzene rings is 1. The van der Waals surface area contributed by atoms with Crippen LogP contribution in [0.3, 0.4) is 0 Å². The van der Waals surface area contributed by atoms with Crippen LogP contribution in [-0.2, 0) is 6.54 Å². The Hall–Kier alpha value is -1.39. The molecule has 0 aliphatic rings. The lowest BCUT2D eigenvalue weighted by Crippen LogP contribution is -2.31. The molecule has 0 unspecified atom stereocenters. The Kier molecular flexibility index (Phi) is 5.82. The van der Waals surface area contributed by atoms with Gasteiger partial charge in [0.15, 0.2) is 0 Å². The molecule has 0 aliphatic carbocycles. The molecular weight excluding hydrogens is 226 g/mol. The minimum absolute atomic E-state index is 0.100. The van der Waals surface area contributed by atoms with Crippen molar-refractivity contribution in [3.8, 4) is 0 Å². The lowest BCUT2D eigenvalue weighted by molar-refractivity contribution is 0.185.